The summed E-state index contributed by atoms with van der Waals surface area (Å²) in [6.07, 6.45) is 4.38. The molecule has 1 unspecified atom stereocenters. The third kappa shape index (κ3) is 7.33. The third-order valence-corrected chi connectivity index (χ3v) is 7.95. The summed E-state index contributed by atoms with van der Waals surface area (Å²) in [5.41, 5.74) is 3.96. The van der Waals surface area contributed by atoms with Gasteiger partial charge in [0.05, 0.1) is 0 Å². The van der Waals surface area contributed by atoms with Gasteiger partial charge in [-0.25, -0.2) is 4.79 Å². The van der Waals surface area contributed by atoms with Crippen LogP contribution < -0.4 is 0 Å². The number of carbonyl (C=O) groups is 2. The van der Waals surface area contributed by atoms with Gasteiger partial charge in [-0.3, -0.25) is 14.6 Å². The van der Waals surface area contributed by atoms with Crippen molar-refractivity contribution >= 4 is 29.1 Å². The smallest absolute Gasteiger partial charge is 0.410 e. The minimum Gasteiger partial charge on any atom is -0.444 e. The molecule has 2 fully saturated rings. The molecule has 0 radical (unpaired) electrons. The van der Waals surface area contributed by atoms with Crippen LogP contribution in [0.1, 0.15) is 65.4 Å². The van der Waals surface area contributed by atoms with E-state index in [4.69, 9.17) is 16.3 Å². The summed E-state index contributed by atoms with van der Waals surface area (Å²) in [6, 6.07) is 8.27. The zero-order chi connectivity index (χ0) is 25.9. The highest BCUT2D eigenvalue weighted by molar-refractivity contribution is 6.30. The lowest BCUT2D eigenvalue weighted by atomic mass is 9.71. The number of piperidine rings is 1. The van der Waals surface area contributed by atoms with Gasteiger partial charge in [0, 0.05) is 70.2 Å². The Hall–Kier alpha value is -1.89. The Bertz CT molecular complexity index is 966. The van der Waals surface area contributed by atoms with Crippen LogP contribution in [0.5, 0.6) is 0 Å². The first kappa shape index (κ1) is 27.2. The highest BCUT2D eigenvalue weighted by Gasteiger charge is 2.36. The van der Waals surface area contributed by atoms with Gasteiger partial charge in [-0.05, 0) is 68.7 Å². The van der Waals surface area contributed by atoms with Gasteiger partial charge >= 0.3 is 6.09 Å². The third-order valence-electron chi connectivity index (χ3n) is 7.70. The van der Waals surface area contributed by atoms with Crippen molar-refractivity contribution in [3.8, 4) is 0 Å². The lowest BCUT2D eigenvalue weighted by Crippen LogP contribution is -2.52. The normalized spacial score (nSPS) is 24.8. The Morgan fingerprint density at radius 2 is 1.61 bits per heavy atom. The standard InChI is InChI=1S/C29H42ClN3O3/c1-28(2,3)36-27(35)33-17-15-32(16-18-33)21-29(4)12-9-26(22-5-7-24(30)8-6-22)23(19-29)20-31-13-10-25(34)11-14-31/h5-8H,9-21H2,1-4H3. The molecule has 198 valence electrons. The molecule has 1 amide bonds. The maximum absolute atomic E-state index is 12.5. The van der Waals surface area contributed by atoms with Crippen LogP contribution in [0.4, 0.5) is 4.79 Å². The van der Waals surface area contributed by atoms with Gasteiger partial charge in [-0.15, -0.1) is 0 Å². The number of nitrogens with zero attached hydrogens (tertiary/aromatic N) is 3. The number of rotatable bonds is 5. The molecule has 1 aliphatic carbocycles. The van der Waals surface area contributed by atoms with Gasteiger partial charge in [-0.2, -0.15) is 0 Å². The first-order valence-corrected chi connectivity index (χ1v) is 13.8. The van der Waals surface area contributed by atoms with Crippen LogP contribution >= 0.6 is 11.6 Å². The zero-order valence-electron chi connectivity index (χ0n) is 22.4. The molecule has 4 rings (SSSR count). The number of Topliss-reactive ketones (excluding diaryl/α,β-unsaturated/α-hetero) is 1. The highest BCUT2D eigenvalue weighted by atomic mass is 35.5. The van der Waals surface area contributed by atoms with Crippen molar-refractivity contribution in [3.63, 3.8) is 0 Å². The molecule has 2 aliphatic heterocycles. The van der Waals surface area contributed by atoms with Crippen LogP contribution in [0.2, 0.25) is 5.02 Å². The van der Waals surface area contributed by atoms with Crippen LogP contribution in [0.3, 0.4) is 0 Å². The molecule has 0 spiro atoms. The van der Waals surface area contributed by atoms with Crippen molar-refractivity contribution in [1.29, 1.82) is 0 Å². The van der Waals surface area contributed by atoms with E-state index in [0.717, 1.165) is 63.6 Å². The maximum atomic E-state index is 12.5. The summed E-state index contributed by atoms with van der Waals surface area (Å²) in [4.78, 5) is 31.1. The van der Waals surface area contributed by atoms with E-state index in [2.05, 4.69) is 28.9 Å². The Labute approximate surface area is 221 Å². The number of ketones is 1. The monoisotopic (exact) mass is 515 g/mol. The molecule has 2 heterocycles. The van der Waals surface area contributed by atoms with Crippen LogP contribution in [-0.2, 0) is 9.53 Å². The largest absolute Gasteiger partial charge is 0.444 e. The molecule has 36 heavy (non-hydrogen) atoms. The van der Waals surface area contributed by atoms with E-state index in [-0.39, 0.29) is 11.5 Å². The number of hydrogen-bond donors (Lipinski definition) is 0. The molecule has 3 aliphatic rings. The van der Waals surface area contributed by atoms with E-state index >= 15 is 0 Å². The van der Waals surface area contributed by atoms with Crippen LogP contribution in [0, 0.1) is 5.41 Å². The molecule has 0 bridgehead atoms. The van der Waals surface area contributed by atoms with Gasteiger partial charge in [-0.1, -0.05) is 36.2 Å². The SMILES string of the molecule is CC1(CN2CCN(C(=O)OC(C)(C)C)CC2)CCC(c2ccc(Cl)cc2)=C(CN2CCC(=O)CC2)C1. The molecule has 0 aromatic heterocycles. The Balaban J connectivity index is 1.42. The molecule has 0 saturated carbocycles. The fourth-order valence-corrected chi connectivity index (χ4v) is 5.91. The second-order valence-electron chi connectivity index (χ2n) is 12.1. The van der Waals surface area contributed by atoms with Crippen molar-refractivity contribution in [1.82, 2.24) is 14.7 Å². The van der Waals surface area contributed by atoms with Crippen molar-refractivity contribution < 1.29 is 14.3 Å². The average molecular weight is 516 g/mol. The topological polar surface area (TPSA) is 53.1 Å². The summed E-state index contributed by atoms with van der Waals surface area (Å²) in [5, 5.41) is 0.765. The molecule has 0 N–H and O–H groups in total. The van der Waals surface area contributed by atoms with E-state index in [1.54, 1.807) is 0 Å². The molecule has 7 heteroatoms. The van der Waals surface area contributed by atoms with Crippen molar-refractivity contribution in [2.75, 3.05) is 52.4 Å². The summed E-state index contributed by atoms with van der Waals surface area (Å²) in [5.74, 6) is 0.386. The predicted molar refractivity (Wildman–Crippen MR) is 145 cm³/mol. The number of carbonyl (C=O) groups excluding carboxylic acids is 2. The molecular formula is C29H42ClN3O3. The van der Waals surface area contributed by atoms with Gasteiger partial charge in [0.15, 0.2) is 0 Å². The molecule has 6 nitrogen and oxygen atoms in total. The fourth-order valence-electron chi connectivity index (χ4n) is 5.78. The Kier molecular flexibility index (Phi) is 8.48. The molecule has 2 saturated heterocycles. The van der Waals surface area contributed by atoms with Gasteiger partial charge in [0.2, 0.25) is 0 Å². The summed E-state index contributed by atoms with van der Waals surface area (Å²) in [7, 11) is 0. The number of allylic oxidation sites excluding steroid dienone is 1. The Morgan fingerprint density at radius 1 is 0.972 bits per heavy atom. The van der Waals surface area contributed by atoms with E-state index in [0.29, 0.717) is 31.7 Å². The first-order chi connectivity index (χ1) is 17.0. The van der Waals surface area contributed by atoms with Crippen LogP contribution in [0.15, 0.2) is 29.8 Å². The molecular weight excluding hydrogens is 474 g/mol. The number of likely N-dealkylation sites (tertiary alicyclic amines) is 1. The lowest BCUT2D eigenvalue weighted by molar-refractivity contribution is -0.121. The van der Waals surface area contributed by atoms with Crippen LogP contribution in [0.25, 0.3) is 5.57 Å². The first-order valence-electron chi connectivity index (χ1n) is 13.4. The van der Waals surface area contributed by atoms with Gasteiger partial charge in [0.1, 0.15) is 11.4 Å². The zero-order valence-corrected chi connectivity index (χ0v) is 23.2. The quantitative estimate of drug-likeness (QED) is 0.518. The maximum Gasteiger partial charge on any atom is 0.410 e. The fraction of sp³-hybridized carbons (Fsp3) is 0.655. The van der Waals surface area contributed by atoms with Gasteiger partial charge < -0.3 is 9.64 Å². The predicted octanol–water partition coefficient (Wildman–Crippen LogP) is 5.50. The minimum absolute atomic E-state index is 0.185. The number of ether oxygens (including phenoxy) is 1. The summed E-state index contributed by atoms with van der Waals surface area (Å²) < 4.78 is 5.56. The number of halogens is 1. The van der Waals surface area contributed by atoms with Gasteiger partial charge in [0.25, 0.3) is 0 Å². The second kappa shape index (κ2) is 11.2. The molecule has 1 aromatic carbocycles. The minimum atomic E-state index is -0.462. The van der Waals surface area contributed by atoms with E-state index in [1.807, 2.05) is 37.8 Å². The average Bonchev–Trinajstić information content (AvgIpc) is 2.81. The summed E-state index contributed by atoms with van der Waals surface area (Å²) >= 11 is 6.18. The Morgan fingerprint density at radius 3 is 2.22 bits per heavy atom. The van der Waals surface area contributed by atoms with Crippen molar-refractivity contribution in [3.05, 3.63) is 40.4 Å². The lowest BCUT2D eigenvalue weighted by Gasteiger charge is -2.44. The van der Waals surface area contributed by atoms with E-state index in [1.165, 1.54) is 16.7 Å². The number of benzene rings is 1. The number of piperazine rings is 1. The number of amides is 1. The number of hydrogen-bond acceptors (Lipinski definition) is 5. The second-order valence-corrected chi connectivity index (χ2v) is 12.6. The molecule has 1 aromatic rings. The van der Waals surface area contributed by atoms with E-state index in [9.17, 15) is 9.59 Å². The molecule has 1 atom stereocenters. The highest BCUT2D eigenvalue weighted by Crippen LogP contribution is 2.44. The van der Waals surface area contributed by atoms with E-state index < -0.39 is 5.60 Å². The van der Waals surface area contributed by atoms with Crippen molar-refractivity contribution in [2.45, 2.75) is 65.4 Å². The van der Waals surface area contributed by atoms with Crippen LogP contribution in [-0.4, -0.2) is 84.5 Å². The summed E-state index contributed by atoms with van der Waals surface area (Å²) in [6.45, 7) is 15.0. The van der Waals surface area contributed by atoms with Crippen molar-refractivity contribution in [2.24, 2.45) is 5.41 Å².